The van der Waals surface area contributed by atoms with Gasteiger partial charge in [-0.25, -0.2) is 8.42 Å². The molecule has 0 aliphatic carbocycles. The molecule has 0 bridgehead atoms. The van der Waals surface area contributed by atoms with E-state index in [0.717, 1.165) is 23.4 Å². The minimum Gasteiger partial charge on any atom is -0.493 e. The zero-order valence-corrected chi connectivity index (χ0v) is 15.5. The van der Waals surface area contributed by atoms with Gasteiger partial charge in [0.1, 0.15) is 6.54 Å². The van der Waals surface area contributed by atoms with E-state index in [1.165, 1.54) is 20.3 Å². The molecular formula is C16H24N2O6S. The molecule has 0 unspecified atom stereocenters. The molecule has 25 heavy (non-hydrogen) atoms. The van der Waals surface area contributed by atoms with Crippen molar-refractivity contribution in [1.29, 1.82) is 0 Å². The number of nitrogens with one attached hydrogen (secondary N) is 1. The first-order chi connectivity index (χ1) is 11.8. The topological polar surface area (TPSA) is 94.2 Å². The van der Waals surface area contributed by atoms with Crippen molar-refractivity contribution in [1.82, 2.24) is 5.32 Å². The third-order valence-corrected chi connectivity index (χ3v) is 5.03. The minimum atomic E-state index is -3.65. The van der Waals surface area contributed by atoms with Crippen molar-refractivity contribution in [3.8, 4) is 11.5 Å². The number of hydrogen-bond acceptors (Lipinski definition) is 6. The Hall–Kier alpha value is -2.00. The summed E-state index contributed by atoms with van der Waals surface area (Å²) in [5.74, 6) is 0.464. The van der Waals surface area contributed by atoms with Crippen LogP contribution in [0.3, 0.4) is 0 Å². The van der Waals surface area contributed by atoms with Gasteiger partial charge in [0.15, 0.2) is 11.5 Å². The average molecular weight is 372 g/mol. The van der Waals surface area contributed by atoms with Crippen molar-refractivity contribution < 1.29 is 27.4 Å². The predicted octanol–water partition coefficient (Wildman–Crippen LogP) is 0.765. The Morgan fingerprint density at radius 1 is 1.32 bits per heavy atom. The summed E-state index contributed by atoms with van der Waals surface area (Å²) in [4.78, 5) is 12.2. The number of rotatable bonds is 8. The first-order valence-corrected chi connectivity index (χ1v) is 9.78. The van der Waals surface area contributed by atoms with E-state index in [1.807, 2.05) is 0 Å². The van der Waals surface area contributed by atoms with Crippen molar-refractivity contribution in [2.75, 3.05) is 44.5 Å². The molecule has 1 aromatic carbocycles. The van der Waals surface area contributed by atoms with Gasteiger partial charge in [-0.15, -0.1) is 0 Å². The van der Waals surface area contributed by atoms with Crippen LogP contribution in [0.25, 0.3) is 0 Å². The maximum absolute atomic E-state index is 12.2. The van der Waals surface area contributed by atoms with Crippen LogP contribution in [-0.4, -0.2) is 60.6 Å². The molecule has 9 heteroatoms. The Labute approximate surface area is 148 Å². The zero-order valence-electron chi connectivity index (χ0n) is 14.6. The van der Waals surface area contributed by atoms with Gasteiger partial charge in [0, 0.05) is 19.2 Å². The summed E-state index contributed by atoms with van der Waals surface area (Å²) in [5.41, 5.74) is 0.326. The Morgan fingerprint density at radius 3 is 2.60 bits per heavy atom. The SMILES string of the molecule is COc1ccc(N(CC(=O)NC[C@@H]2CCCO2)S(C)(=O)=O)cc1OC. The van der Waals surface area contributed by atoms with Crippen molar-refractivity contribution in [2.24, 2.45) is 0 Å². The fourth-order valence-electron chi connectivity index (χ4n) is 2.60. The number of methoxy groups -OCH3 is 2. The van der Waals surface area contributed by atoms with Crippen LogP contribution < -0.4 is 19.1 Å². The van der Waals surface area contributed by atoms with E-state index in [2.05, 4.69) is 5.32 Å². The van der Waals surface area contributed by atoms with E-state index >= 15 is 0 Å². The summed E-state index contributed by atoms with van der Waals surface area (Å²) in [6.07, 6.45) is 2.92. The number of sulfonamides is 1. The Morgan fingerprint density at radius 2 is 2.04 bits per heavy atom. The van der Waals surface area contributed by atoms with Gasteiger partial charge < -0.3 is 19.5 Å². The lowest BCUT2D eigenvalue weighted by molar-refractivity contribution is -0.120. The van der Waals surface area contributed by atoms with Gasteiger partial charge in [-0.2, -0.15) is 0 Å². The monoisotopic (exact) mass is 372 g/mol. The standard InChI is InChI=1S/C16H24N2O6S/c1-22-14-7-6-12(9-15(14)23-2)18(25(3,20)21)11-16(19)17-10-13-5-4-8-24-13/h6-7,9,13H,4-5,8,10-11H2,1-3H3,(H,17,19)/t13-/m0/s1. The predicted molar refractivity (Wildman–Crippen MR) is 93.7 cm³/mol. The summed E-state index contributed by atoms with van der Waals surface area (Å²) in [5, 5.41) is 2.72. The highest BCUT2D eigenvalue weighted by Crippen LogP contribution is 2.32. The largest absolute Gasteiger partial charge is 0.493 e. The molecule has 1 heterocycles. The first kappa shape index (κ1) is 19.3. The van der Waals surface area contributed by atoms with Gasteiger partial charge in [0.2, 0.25) is 15.9 Å². The van der Waals surface area contributed by atoms with Crippen LogP contribution >= 0.6 is 0 Å². The van der Waals surface area contributed by atoms with Crippen LogP contribution in [0.5, 0.6) is 11.5 Å². The van der Waals surface area contributed by atoms with Crippen LogP contribution in [-0.2, 0) is 19.6 Å². The van der Waals surface area contributed by atoms with E-state index in [-0.39, 0.29) is 12.6 Å². The molecule has 0 radical (unpaired) electrons. The molecular weight excluding hydrogens is 348 g/mol. The maximum Gasteiger partial charge on any atom is 0.240 e. The van der Waals surface area contributed by atoms with Crippen LogP contribution in [0.15, 0.2) is 18.2 Å². The molecule has 2 rings (SSSR count). The number of anilines is 1. The molecule has 1 aliphatic heterocycles. The smallest absolute Gasteiger partial charge is 0.240 e. The molecule has 1 saturated heterocycles. The molecule has 1 aromatic rings. The van der Waals surface area contributed by atoms with Gasteiger partial charge in [-0.05, 0) is 25.0 Å². The van der Waals surface area contributed by atoms with Gasteiger partial charge in [0.05, 0.1) is 32.3 Å². The highest BCUT2D eigenvalue weighted by Gasteiger charge is 2.23. The first-order valence-electron chi connectivity index (χ1n) is 7.93. The molecule has 140 valence electrons. The Bertz CT molecular complexity index is 701. The highest BCUT2D eigenvalue weighted by atomic mass is 32.2. The molecule has 0 saturated carbocycles. The Kier molecular flexibility index (Phi) is 6.49. The quantitative estimate of drug-likeness (QED) is 0.724. The zero-order chi connectivity index (χ0) is 18.4. The fraction of sp³-hybridized carbons (Fsp3) is 0.562. The second-order valence-corrected chi connectivity index (χ2v) is 7.65. The number of ether oxygens (including phenoxy) is 3. The third-order valence-electron chi connectivity index (χ3n) is 3.89. The normalized spacial score (nSPS) is 17.2. The summed E-state index contributed by atoms with van der Waals surface area (Å²) in [6.45, 7) is 0.755. The van der Waals surface area contributed by atoms with Crippen LogP contribution in [0.1, 0.15) is 12.8 Å². The fourth-order valence-corrected chi connectivity index (χ4v) is 3.45. The van der Waals surface area contributed by atoms with Gasteiger partial charge in [-0.3, -0.25) is 9.10 Å². The average Bonchev–Trinajstić information content (AvgIpc) is 3.09. The van der Waals surface area contributed by atoms with Crippen molar-refractivity contribution in [2.45, 2.75) is 18.9 Å². The van der Waals surface area contributed by atoms with E-state index in [9.17, 15) is 13.2 Å². The van der Waals surface area contributed by atoms with Crippen LogP contribution in [0.2, 0.25) is 0 Å². The third kappa shape index (κ3) is 5.23. The number of nitrogens with zero attached hydrogens (tertiary/aromatic N) is 1. The van der Waals surface area contributed by atoms with Crippen LogP contribution in [0.4, 0.5) is 5.69 Å². The summed E-state index contributed by atoms with van der Waals surface area (Å²) in [6, 6.07) is 4.68. The summed E-state index contributed by atoms with van der Waals surface area (Å²) >= 11 is 0. The summed E-state index contributed by atoms with van der Waals surface area (Å²) < 4.78 is 41.1. The second-order valence-electron chi connectivity index (χ2n) is 5.75. The highest BCUT2D eigenvalue weighted by molar-refractivity contribution is 7.92. The molecule has 8 nitrogen and oxygen atoms in total. The number of benzene rings is 1. The molecule has 1 atom stereocenters. The van der Waals surface area contributed by atoms with E-state index in [1.54, 1.807) is 12.1 Å². The molecule has 1 aliphatic rings. The molecule has 1 fully saturated rings. The van der Waals surface area contributed by atoms with Gasteiger partial charge in [-0.1, -0.05) is 0 Å². The second kappa shape index (κ2) is 8.39. The van der Waals surface area contributed by atoms with E-state index < -0.39 is 15.9 Å². The molecule has 0 aromatic heterocycles. The van der Waals surface area contributed by atoms with Gasteiger partial charge >= 0.3 is 0 Å². The van der Waals surface area contributed by atoms with Crippen molar-refractivity contribution in [3.05, 3.63) is 18.2 Å². The van der Waals surface area contributed by atoms with Crippen molar-refractivity contribution >= 4 is 21.6 Å². The molecule has 0 spiro atoms. The maximum atomic E-state index is 12.2. The number of carbonyl (C=O) groups excluding carboxylic acids is 1. The lowest BCUT2D eigenvalue weighted by atomic mass is 10.2. The van der Waals surface area contributed by atoms with Crippen molar-refractivity contribution in [3.63, 3.8) is 0 Å². The number of carbonyl (C=O) groups is 1. The number of amides is 1. The van der Waals surface area contributed by atoms with Gasteiger partial charge in [0.25, 0.3) is 0 Å². The number of hydrogen-bond donors (Lipinski definition) is 1. The van der Waals surface area contributed by atoms with Crippen LogP contribution in [0, 0.1) is 0 Å². The lowest BCUT2D eigenvalue weighted by Crippen LogP contribution is -2.42. The summed E-state index contributed by atoms with van der Waals surface area (Å²) in [7, 11) is -0.701. The van der Waals surface area contributed by atoms with E-state index in [4.69, 9.17) is 14.2 Å². The molecule has 1 amide bonds. The molecule has 1 N–H and O–H groups in total. The van der Waals surface area contributed by atoms with E-state index in [0.29, 0.717) is 30.3 Å². The lowest BCUT2D eigenvalue weighted by Gasteiger charge is -2.23. The minimum absolute atomic E-state index is 0.00304. The Balaban J connectivity index is 2.12.